The maximum atomic E-state index is 13.7. The van der Waals surface area contributed by atoms with Gasteiger partial charge in [0.05, 0.1) is 34.2 Å². The second-order valence-corrected chi connectivity index (χ2v) is 13.4. The molecule has 7 nitrogen and oxygen atoms in total. The lowest BCUT2D eigenvalue weighted by atomic mass is 9.93. The number of fused-ring (bicyclic) bond motifs is 1. The average Bonchev–Trinajstić information content (AvgIpc) is 3.50. The van der Waals surface area contributed by atoms with Crippen molar-refractivity contribution in [1.82, 2.24) is 0 Å². The van der Waals surface area contributed by atoms with Gasteiger partial charge >= 0.3 is 0 Å². The van der Waals surface area contributed by atoms with Gasteiger partial charge in [0.15, 0.2) is 9.84 Å². The topological polar surface area (TPSA) is 79.0 Å². The number of piperidine rings is 2. The van der Waals surface area contributed by atoms with E-state index in [-0.39, 0.29) is 16.6 Å². The zero-order valence-corrected chi connectivity index (χ0v) is 22.5. The minimum Gasteiger partial charge on any atom is -0.491 e. The van der Waals surface area contributed by atoms with E-state index < -0.39 is 9.84 Å². The van der Waals surface area contributed by atoms with Crippen molar-refractivity contribution in [3.63, 3.8) is 0 Å². The number of nitrogens with one attached hydrogen (secondary N) is 1. The van der Waals surface area contributed by atoms with Crippen LogP contribution in [-0.4, -0.2) is 52.9 Å². The van der Waals surface area contributed by atoms with Crippen LogP contribution in [-0.2, 0) is 16.3 Å². The average molecular weight is 524 g/mol. The highest BCUT2D eigenvalue weighted by atomic mass is 32.2. The van der Waals surface area contributed by atoms with Crippen molar-refractivity contribution in [2.24, 2.45) is 5.41 Å². The van der Waals surface area contributed by atoms with Gasteiger partial charge in [-0.05, 0) is 80.7 Å². The third kappa shape index (κ3) is 4.80. The Morgan fingerprint density at radius 1 is 0.946 bits per heavy atom. The third-order valence-electron chi connectivity index (χ3n) is 8.79. The van der Waals surface area contributed by atoms with Crippen molar-refractivity contribution < 1.29 is 17.9 Å². The lowest BCUT2D eigenvalue weighted by Crippen LogP contribution is -2.36. The summed E-state index contributed by atoms with van der Waals surface area (Å²) in [5, 5.41) is 3.15. The molecule has 0 atom stereocenters. The highest BCUT2D eigenvalue weighted by Gasteiger charge is 2.44. The summed E-state index contributed by atoms with van der Waals surface area (Å²) in [6.07, 6.45) is 9.20. The molecule has 1 aliphatic carbocycles. The molecule has 2 saturated heterocycles. The fourth-order valence-corrected chi connectivity index (χ4v) is 7.05. The molecule has 0 aromatic heterocycles. The normalized spacial score (nSPS) is 20.5. The number of hydrogen-bond donors (Lipinski definition) is 1. The maximum absolute atomic E-state index is 13.7. The van der Waals surface area contributed by atoms with Crippen LogP contribution >= 0.6 is 0 Å². The molecule has 3 fully saturated rings. The molecule has 6 rings (SSSR count). The lowest BCUT2D eigenvalue weighted by Gasteiger charge is -2.35. The van der Waals surface area contributed by atoms with E-state index in [1.54, 1.807) is 25.1 Å². The van der Waals surface area contributed by atoms with Crippen LogP contribution in [0.2, 0.25) is 0 Å². The fraction of sp³-hybridized carbons (Fsp3) is 0.552. The van der Waals surface area contributed by atoms with Crippen LogP contribution in [0.4, 0.5) is 17.1 Å². The Bertz CT molecular complexity index is 1300. The second-order valence-electron chi connectivity index (χ2n) is 11.2. The number of ether oxygens (including phenoxy) is 1. The van der Waals surface area contributed by atoms with Crippen LogP contribution in [0.5, 0.6) is 5.75 Å². The van der Waals surface area contributed by atoms with Gasteiger partial charge in [-0.2, -0.15) is 0 Å². The predicted molar refractivity (Wildman–Crippen MR) is 147 cm³/mol. The quantitative estimate of drug-likeness (QED) is 0.572. The molecular formula is C29H37N3O4S. The van der Waals surface area contributed by atoms with E-state index in [9.17, 15) is 13.2 Å². The monoisotopic (exact) mass is 523 g/mol. The van der Waals surface area contributed by atoms with Gasteiger partial charge in [-0.15, -0.1) is 0 Å². The standard InChI is InChI=1S/C29H37N3O4S/c1-2-37(34,35)23-6-7-24(25(20-23)32-15-11-29(9-10-29)12-16-32)28(33)30-22-18-21-8-17-36-27(21)26(19-22)31-13-4-3-5-14-31/h6-7,18-20H,2-5,8-17H2,1H3,(H,30,33). The highest BCUT2D eigenvalue weighted by molar-refractivity contribution is 7.91. The molecule has 8 heteroatoms. The maximum Gasteiger partial charge on any atom is 0.257 e. The summed E-state index contributed by atoms with van der Waals surface area (Å²) >= 11 is 0. The van der Waals surface area contributed by atoms with Crippen LogP contribution in [0.25, 0.3) is 0 Å². The van der Waals surface area contributed by atoms with Crippen molar-refractivity contribution >= 4 is 32.8 Å². The molecule has 1 saturated carbocycles. The SMILES string of the molecule is CCS(=O)(=O)c1ccc(C(=O)Nc2cc3c(c(N4CCCCC4)c2)OCC3)c(N2CCC3(CC2)CC3)c1. The van der Waals surface area contributed by atoms with Crippen molar-refractivity contribution in [1.29, 1.82) is 0 Å². The molecule has 3 heterocycles. The zero-order valence-electron chi connectivity index (χ0n) is 21.7. The molecule has 0 radical (unpaired) electrons. The summed E-state index contributed by atoms with van der Waals surface area (Å²) in [7, 11) is -3.37. The van der Waals surface area contributed by atoms with Gasteiger partial charge in [-0.25, -0.2) is 8.42 Å². The molecule has 1 amide bonds. The van der Waals surface area contributed by atoms with Gasteiger partial charge in [-0.3, -0.25) is 4.79 Å². The summed E-state index contributed by atoms with van der Waals surface area (Å²) in [5.41, 5.74) is 4.71. The first-order chi connectivity index (χ1) is 17.9. The molecule has 37 heavy (non-hydrogen) atoms. The molecule has 3 aliphatic heterocycles. The first-order valence-electron chi connectivity index (χ1n) is 13.9. The molecule has 1 N–H and O–H groups in total. The summed E-state index contributed by atoms with van der Waals surface area (Å²) < 4.78 is 31.3. The minimum atomic E-state index is -3.37. The van der Waals surface area contributed by atoms with Crippen molar-refractivity contribution in [3.8, 4) is 5.75 Å². The molecule has 198 valence electrons. The fourth-order valence-electron chi connectivity index (χ4n) is 6.15. The van der Waals surface area contributed by atoms with Gasteiger partial charge in [-0.1, -0.05) is 6.92 Å². The number of carbonyl (C=O) groups excluding carboxylic acids is 1. The van der Waals surface area contributed by atoms with Crippen LogP contribution in [0.3, 0.4) is 0 Å². The van der Waals surface area contributed by atoms with Crippen LogP contribution in [0.1, 0.15) is 67.8 Å². The number of anilines is 3. The Kier molecular flexibility index (Phi) is 6.33. The Morgan fingerprint density at radius 2 is 1.68 bits per heavy atom. The molecule has 1 spiro atoms. The summed E-state index contributed by atoms with van der Waals surface area (Å²) in [4.78, 5) is 18.6. The van der Waals surface area contributed by atoms with E-state index in [0.29, 0.717) is 17.6 Å². The molecule has 0 unspecified atom stereocenters. The Morgan fingerprint density at radius 3 is 2.38 bits per heavy atom. The Balaban J connectivity index is 1.31. The molecule has 2 aromatic carbocycles. The number of benzene rings is 2. The van der Waals surface area contributed by atoms with Crippen molar-refractivity contribution in [2.45, 2.75) is 63.2 Å². The van der Waals surface area contributed by atoms with E-state index >= 15 is 0 Å². The number of carbonyl (C=O) groups is 1. The number of rotatable bonds is 6. The number of amides is 1. The first kappa shape index (κ1) is 24.6. The van der Waals surface area contributed by atoms with Gasteiger partial charge in [0.25, 0.3) is 5.91 Å². The van der Waals surface area contributed by atoms with Crippen molar-refractivity contribution in [2.75, 3.05) is 53.7 Å². The summed E-state index contributed by atoms with van der Waals surface area (Å²) in [6.45, 7) is 6.03. The van der Waals surface area contributed by atoms with E-state index in [4.69, 9.17) is 4.74 Å². The molecule has 2 aromatic rings. The van der Waals surface area contributed by atoms with Gasteiger partial charge < -0.3 is 19.9 Å². The van der Waals surface area contributed by atoms with Gasteiger partial charge in [0, 0.05) is 43.9 Å². The van der Waals surface area contributed by atoms with E-state index in [1.807, 2.05) is 12.1 Å². The number of hydrogen-bond acceptors (Lipinski definition) is 6. The van der Waals surface area contributed by atoms with E-state index in [1.165, 1.54) is 32.1 Å². The van der Waals surface area contributed by atoms with E-state index in [2.05, 4.69) is 15.1 Å². The minimum absolute atomic E-state index is 0.0393. The molecular weight excluding hydrogens is 486 g/mol. The third-order valence-corrected chi connectivity index (χ3v) is 10.5. The second kappa shape index (κ2) is 9.53. The summed E-state index contributed by atoms with van der Waals surface area (Å²) in [6, 6.07) is 9.06. The Hall–Kier alpha value is -2.74. The smallest absolute Gasteiger partial charge is 0.257 e. The molecule has 4 aliphatic rings. The molecule has 0 bridgehead atoms. The highest BCUT2D eigenvalue weighted by Crippen LogP contribution is 2.54. The number of sulfone groups is 1. The van der Waals surface area contributed by atoms with Gasteiger partial charge in [0.1, 0.15) is 5.75 Å². The predicted octanol–water partition coefficient (Wildman–Crippen LogP) is 5.04. The van der Waals surface area contributed by atoms with Crippen molar-refractivity contribution in [3.05, 3.63) is 41.5 Å². The lowest BCUT2D eigenvalue weighted by molar-refractivity contribution is 0.102. The van der Waals surface area contributed by atoms with Gasteiger partial charge in [0.2, 0.25) is 0 Å². The van der Waals surface area contributed by atoms with Crippen LogP contribution in [0, 0.1) is 5.41 Å². The van der Waals surface area contributed by atoms with Crippen LogP contribution in [0.15, 0.2) is 35.2 Å². The van der Waals surface area contributed by atoms with E-state index in [0.717, 1.165) is 73.8 Å². The zero-order chi connectivity index (χ0) is 25.6. The summed E-state index contributed by atoms with van der Waals surface area (Å²) in [5.74, 6) is 0.792. The first-order valence-corrected chi connectivity index (χ1v) is 15.5. The number of nitrogens with zero attached hydrogens (tertiary/aromatic N) is 2. The largest absolute Gasteiger partial charge is 0.491 e. The van der Waals surface area contributed by atoms with Crippen LogP contribution < -0.4 is 19.9 Å². The Labute approximate surface area is 220 Å².